The van der Waals surface area contributed by atoms with Gasteiger partial charge in [-0.15, -0.1) is 23.5 Å². The second-order valence-electron chi connectivity index (χ2n) is 3.77. The average Bonchev–Trinajstić information content (AvgIpc) is 2.37. The molecular weight excluding hydrogens is 277 g/mol. The van der Waals surface area contributed by atoms with Crippen LogP contribution in [0.1, 0.15) is 17.5 Å². The van der Waals surface area contributed by atoms with Crippen LogP contribution in [-0.2, 0) is 6.18 Å². The maximum Gasteiger partial charge on any atom is 0.416 e. The van der Waals surface area contributed by atoms with E-state index in [1.165, 1.54) is 18.6 Å². The molecule has 0 spiro atoms. The highest BCUT2D eigenvalue weighted by Gasteiger charge is 2.29. The van der Waals surface area contributed by atoms with E-state index in [0.29, 0.717) is 5.56 Å². The molecule has 1 fully saturated rings. The summed E-state index contributed by atoms with van der Waals surface area (Å²) in [6.45, 7) is 0. The summed E-state index contributed by atoms with van der Waals surface area (Å²) < 4.78 is 37.3. The first-order valence-corrected chi connectivity index (χ1v) is 7.57. The SMILES string of the molecule is FC(F)(F)c1ccc(C#CC2SCCCS2)cc1. The molecule has 0 bridgehead atoms. The van der Waals surface area contributed by atoms with Crippen molar-refractivity contribution in [2.45, 2.75) is 17.2 Å². The largest absolute Gasteiger partial charge is 0.416 e. The van der Waals surface area contributed by atoms with Crippen molar-refractivity contribution in [2.24, 2.45) is 0 Å². The molecule has 5 heteroatoms. The highest BCUT2D eigenvalue weighted by atomic mass is 32.2. The summed E-state index contributed by atoms with van der Waals surface area (Å²) >= 11 is 3.60. The standard InChI is InChI=1S/C13H11F3S2/c14-13(15,16)11-5-2-10(3-6-11)4-7-12-17-8-1-9-18-12/h2-3,5-6,12H,1,8-9H2. The van der Waals surface area contributed by atoms with Gasteiger partial charge in [0.25, 0.3) is 0 Å². The zero-order valence-electron chi connectivity index (χ0n) is 9.46. The quantitative estimate of drug-likeness (QED) is 0.654. The molecule has 0 aromatic heterocycles. The number of thioether (sulfide) groups is 2. The van der Waals surface area contributed by atoms with Crippen molar-refractivity contribution in [3.05, 3.63) is 35.4 Å². The number of rotatable bonds is 0. The molecule has 18 heavy (non-hydrogen) atoms. The van der Waals surface area contributed by atoms with Gasteiger partial charge in [-0.2, -0.15) is 13.2 Å². The molecule has 0 aliphatic carbocycles. The maximum atomic E-state index is 12.4. The second kappa shape index (κ2) is 5.94. The van der Waals surface area contributed by atoms with Crippen molar-refractivity contribution in [3.8, 4) is 11.8 Å². The Kier molecular flexibility index (Phi) is 4.52. The Hall–Kier alpha value is -0.730. The molecule has 96 valence electrons. The van der Waals surface area contributed by atoms with Gasteiger partial charge in [0.05, 0.1) is 5.56 Å². The van der Waals surface area contributed by atoms with Gasteiger partial charge in [0.1, 0.15) is 4.58 Å². The molecule has 2 rings (SSSR count). The zero-order valence-corrected chi connectivity index (χ0v) is 11.1. The van der Waals surface area contributed by atoms with Crippen LogP contribution in [0.2, 0.25) is 0 Å². The van der Waals surface area contributed by atoms with E-state index in [0.717, 1.165) is 23.6 Å². The van der Waals surface area contributed by atoms with Crippen LogP contribution in [0.4, 0.5) is 13.2 Å². The van der Waals surface area contributed by atoms with Crippen molar-refractivity contribution in [1.82, 2.24) is 0 Å². The van der Waals surface area contributed by atoms with Crippen LogP contribution >= 0.6 is 23.5 Å². The van der Waals surface area contributed by atoms with Gasteiger partial charge in [-0.1, -0.05) is 11.8 Å². The van der Waals surface area contributed by atoms with Gasteiger partial charge in [0.15, 0.2) is 0 Å². The normalized spacial score (nSPS) is 17.1. The van der Waals surface area contributed by atoms with E-state index in [4.69, 9.17) is 0 Å². The molecule has 0 nitrogen and oxygen atoms in total. The van der Waals surface area contributed by atoms with Crippen molar-refractivity contribution in [1.29, 1.82) is 0 Å². The second-order valence-corrected chi connectivity index (χ2v) is 6.50. The highest BCUT2D eigenvalue weighted by molar-refractivity contribution is 8.17. The Morgan fingerprint density at radius 2 is 1.67 bits per heavy atom. The summed E-state index contributed by atoms with van der Waals surface area (Å²) in [5, 5.41) is 0. The van der Waals surface area contributed by atoms with Crippen LogP contribution in [0.15, 0.2) is 24.3 Å². The summed E-state index contributed by atoms with van der Waals surface area (Å²) in [6, 6.07) is 5.00. The topological polar surface area (TPSA) is 0 Å². The van der Waals surface area contributed by atoms with Gasteiger partial charge in [-0.05, 0) is 42.2 Å². The molecule has 0 unspecified atom stereocenters. The van der Waals surface area contributed by atoms with Crippen molar-refractivity contribution >= 4 is 23.5 Å². The molecule has 1 aliphatic rings. The maximum absolute atomic E-state index is 12.4. The number of hydrogen-bond acceptors (Lipinski definition) is 2. The fourth-order valence-electron chi connectivity index (χ4n) is 1.46. The van der Waals surface area contributed by atoms with E-state index in [1.807, 2.05) is 0 Å². The van der Waals surface area contributed by atoms with E-state index >= 15 is 0 Å². The molecule has 0 saturated carbocycles. The van der Waals surface area contributed by atoms with Crippen LogP contribution in [-0.4, -0.2) is 16.1 Å². The number of halogens is 3. The van der Waals surface area contributed by atoms with E-state index in [1.54, 1.807) is 23.5 Å². The molecule has 1 aliphatic heterocycles. The Morgan fingerprint density at radius 3 is 2.22 bits per heavy atom. The molecule has 1 aromatic carbocycles. The van der Waals surface area contributed by atoms with Gasteiger partial charge >= 0.3 is 6.18 Å². The summed E-state index contributed by atoms with van der Waals surface area (Å²) in [4.78, 5) is 0. The lowest BCUT2D eigenvalue weighted by Crippen LogP contribution is -2.04. The third-order valence-corrected chi connectivity index (χ3v) is 5.08. The van der Waals surface area contributed by atoms with Crippen LogP contribution in [0.25, 0.3) is 0 Å². The minimum absolute atomic E-state index is 0.251. The average molecular weight is 288 g/mol. The summed E-state index contributed by atoms with van der Waals surface area (Å²) in [5.41, 5.74) is 0.00393. The van der Waals surface area contributed by atoms with E-state index in [-0.39, 0.29) is 4.58 Å². The first-order valence-electron chi connectivity index (χ1n) is 5.48. The number of hydrogen-bond donors (Lipinski definition) is 0. The minimum Gasteiger partial charge on any atom is -0.166 e. The zero-order chi connectivity index (χ0) is 13.0. The first kappa shape index (κ1) is 13.7. The van der Waals surface area contributed by atoms with Crippen LogP contribution < -0.4 is 0 Å². The predicted octanol–water partition coefficient (Wildman–Crippen LogP) is 4.25. The van der Waals surface area contributed by atoms with Crippen LogP contribution in [0, 0.1) is 11.8 Å². The third kappa shape index (κ3) is 3.89. The lowest BCUT2D eigenvalue weighted by atomic mass is 10.1. The van der Waals surface area contributed by atoms with Gasteiger partial charge in [-0.25, -0.2) is 0 Å². The minimum atomic E-state index is -4.28. The first-order chi connectivity index (χ1) is 8.55. The fourth-order valence-corrected chi connectivity index (χ4v) is 3.94. The molecule has 1 aromatic rings. The molecule has 1 heterocycles. The van der Waals surface area contributed by atoms with E-state index in [2.05, 4.69) is 11.8 Å². The lowest BCUT2D eigenvalue weighted by molar-refractivity contribution is -0.137. The monoisotopic (exact) mass is 288 g/mol. The molecule has 0 amide bonds. The molecule has 0 radical (unpaired) electrons. The lowest BCUT2D eigenvalue weighted by Gasteiger charge is -2.14. The summed E-state index contributed by atoms with van der Waals surface area (Å²) in [5.74, 6) is 8.25. The fraction of sp³-hybridized carbons (Fsp3) is 0.385. The Morgan fingerprint density at radius 1 is 1.06 bits per heavy atom. The van der Waals surface area contributed by atoms with Gasteiger partial charge in [0, 0.05) is 5.56 Å². The molecule has 0 N–H and O–H groups in total. The van der Waals surface area contributed by atoms with E-state index < -0.39 is 11.7 Å². The molecule has 0 atom stereocenters. The van der Waals surface area contributed by atoms with Gasteiger partial charge < -0.3 is 0 Å². The van der Waals surface area contributed by atoms with E-state index in [9.17, 15) is 13.2 Å². The van der Waals surface area contributed by atoms with Gasteiger partial charge in [0.2, 0.25) is 0 Å². The molecule has 1 saturated heterocycles. The molecular formula is C13H11F3S2. The Balaban J connectivity index is 2.04. The number of benzene rings is 1. The summed E-state index contributed by atoms with van der Waals surface area (Å²) in [6.07, 6.45) is -3.07. The van der Waals surface area contributed by atoms with Gasteiger partial charge in [-0.3, -0.25) is 0 Å². The summed E-state index contributed by atoms with van der Waals surface area (Å²) in [7, 11) is 0. The highest BCUT2D eigenvalue weighted by Crippen LogP contribution is 2.30. The van der Waals surface area contributed by atoms with Crippen molar-refractivity contribution in [3.63, 3.8) is 0 Å². The van der Waals surface area contributed by atoms with Crippen LogP contribution in [0.3, 0.4) is 0 Å². The van der Waals surface area contributed by atoms with Crippen LogP contribution in [0.5, 0.6) is 0 Å². The number of alkyl halides is 3. The Bertz CT molecular complexity index is 448. The smallest absolute Gasteiger partial charge is 0.166 e. The predicted molar refractivity (Wildman–Crippen MR) is 71.6 cm³/mol. The van der Waals surface area contributed by atoms with Crippen molar-refractivity contribution in [2.75, 3.05) is 11.5 Å². The Labute approximate surface area is 113 Å². The third-order valence-electron chi connectivity index (χ3n) is 2.37. The van der Waals surface area contributed by atoms with Crippen molar-refractivity contribution < 1.29 is 13.2 Å².